The second-order valence-electron chi connectivity index (χ2n) is 8.63. The van der Waals surface area contributed by atoms with Crippen molar-refractivity contribution in [2.75, 3.05) is 0 Å². The summed E-state index contributed by atoms with van der Waals surface area (Å²) in [5, 5.41) is 14.4. The number of ether oxygens (including phenoxy) is 1. The average Bonchev–Trinajstić information content (AvgIpc) is 3.01. The van der Waals surface area contributed by atoms with Crippen LogP contribution in [-0.2, 0) is 14.3 Å². The van der Waals surface area contributed by atoms with Crippen LogP contribution in [0.3, 0.4) is 0 Å². The molecule has 1 aromatic carbocycles. The lowest BCUT2D eigenvalue weighted by Crippen LogP contribution is -2.35. The summed E-state index contributed by atoms with van der Waals surface area (Å²) in [7, 11) is 0. The van der Waals surface area contributed by atoms with Crippen molar-refractivity contribution >= 4 is 17.4 Å². The minimum atomic E-state index is -0.567. The summed E-state index contributed by atoms with van der Waals surface area (Å²) in [5.41, 5.74) is 3.25. The van der Waals surface area contributed by atoms with E-state index in [4.69, 9.17) is 4.74 Å². The zero-order valence-electron chi connectivity index (χ0n) is 17.8. The fourth-order valence-electron chi connectivity index (χ4n) is 4.95. The van der Waals surface area contributed by atoms with Crippen LogP contribution in [-0.4, -0.2) is 22.8 Å². The standard InChI is InChI=1S/C24H28N2O5/c1-15-21(24(28)31-18-7-4-2-3-5-8-18)22(16-11-13-17(14-12-16)26(29)30)23-19(25-15)9-6-10-20(23)27/h11-14,18,22,25H,2-10H2,1H3/t22-/m1/s1. The highest BCUT2D eigenvalue weighted by atomic mass is 16.6. The molecule has 1 fully saturated rings. The van der Waals surface area contributed by atoms with Crippen molar-refractivity contribution in [2.24, 2.45) is 0 Å². The summed E-state index contributed by atoms with van der Waals surface area (Å²) in [4.78, 5) is 36.9. The van der Waals surface area contributed by atoms with Crippen LogP contribution in [0.5, 0.6) is 0 Å². The molecule has 1 atom stereocenters. The van der Waals surface area contributed by atoms with E-state index in [0.717, 1.165) is 57.1 Å². The summed E-state index contributed by atoms with van der Waals surface area (Å²) in [6, 6.07) is 6.14. The van der Waals surface area contributed by atoms with Gasteiger partial charge in [0.25, 0.3) is 5.69 Å². The monoisotopic (exact) mass is 424 g/mol. The van der Waals surface area contributed by atoms with E-state index in [-0.39, 0.29) is 17.6 Å². The Bertz CT molecular complexity index is 953. The van der Waals surface area contributed by atoms with Crippen molar-refractivity contribution < 1.29 is 19.2 Å². The summed E-state index contributed by atoms with van der Waals surface area (Å²) in [6.45, 7) is 1.84. The zero-order valence-corrected chi connectivity index (χ0v) is 17.8. The predicted molar refractivity (Wildman–Crippen MR) is 115 cm³/mol. The van der Waals surface area contributed by atoms with E-state index < -0.39 is 16.8 Å². The van der Waals surface area contributed by atoms with Crippen LogP contribution < -0.4 is 5.32 Å². The van der Waals surface area contributed by atoms with Crippen LogP contribution in [0, 0.1) is 10.1 Å². The van der Waals surface area contributed by atoms with Crippen LogP contribution in [0.4, 0.5) is 5.69 Å². The fourth-order valence-corrected chi connectivity index (χ4v) is 4.95. The second kappa shape index (κ2) is 9.04. The number of nitro groups is 1. The molecule has 7 nitrogen and oxygen atoms in total. The van der Waals surface area contributed by atoms with E-state index >= 15 is 0 Å². The lowest BCUT2D eigenvalue weighted by Gasteiger charge is -2.34. The molecule has 0 bridgehead atoms. The van der Waals surface area contributed by atoms with Crippen LogP contribution in [0.1, 0.15) is 76.2 Å². The third-order valence-electron chi connectivity index (χ3n) is 6.51. The number of ketones is 1. The Kier molecular flexibility index (Phi) is 6.20. The summed E-state index contributed by atoms with van der Waals surface area (Å²) >= 11 is 0. The molecule has 164 valence electrons. The first-order chi connectivity index (χ1) is 15.0. The minimum absolute atomic E-state index is 0.0179. The van der Waals surface area contributed by atoms with E-state index in [1.165, 1.54) is 12.1 Å². The van der Waals surface area contributed by atoms with E-state index in [1.54, 1.807) is 12.1 Å². The number of Topliss-reactive ketones (excluding diaryl/α,β-unsaturated/α-hetero) is 1. The number of allylic oxidation sites excluding steroid dienone is 3. The number of carbonyl (C=O) groups is 2. The first-order valence-corrected chi connectivity index (χ1v) is 11.1. The van der Waals surface area contributed by atoms with Crippen molar-refractivity contribution in [2.45, 2.75) is 76.7 Å². The van der Waals surface area contributed by atoms with Crippen molar-refractivity contribution in [3.8, 4) is 0 Å². The molecule has 7 heteroatoms. The summed E-state index contributed by atoms with van der Waals surface area (Å²) in [5.74, 6) is -0.947. The van der Waals surface area contributed by atoms with Gasteiger partial charge in [-0.1, -0.05) is 25.0 Å². The number of rotatable bonds is 4. The van der Waals surface area contributed by atoms with Gasteiger partial charge in [0.2, 0.25) is 0 Å². The molecular formula is C24H28N2O5. The highest BCUT2D eigenvalue weighted by molar-refractivity contribution is 6.03. The lowest BCUT2D eigenvalue weighted by molar-refractivity contribution is -0.384. The van der Waals surface area contributed by atoms with Crippen LogP contribution in [0.25, 0.3) is 0 Å². The molecule has 0 saturated heterocycles. The van der Waals surface area contributed by atoms with Crippen molar-refractivity contribution in [3.63, 3.8) is 0 Å². The first-order valence-electron chi connectivity index (χ1n) is 11.1. The lowest BCUT2D eigenvalue weighted by atomic mass is 9.75. The number of nitrogens with zero attached hydrogens (tertiary/aromatic N) is 1. The molecule has 0 amide bonds. The van der Waals surface area contributed by atoms with E-state index in [1.807, 2.05) is 6.92 Å². The van der Waals surface area contributed by atoms with Crippen molar-refractivity contribution in [1.82, 2.24) is 5.32 Å². The van der Waals surface area contributed by atoms with Crippen LogP contribution >= 0.6 is 0 Å². The Morgan fingerprint density at radius 2 is 1.74 bits per heavy atom. The van der Waals surface area contributed by atoms with Gasteiger partial charge in [-0.2, -0.15) is 0 Å². The van der Waals surface area contributed by atoms with Crippen molar-refractivity contribution in [3.05, 3.63) is 62.5 Å². The van der Waals surface area contributed by atoms with Gasteiger partial charge in [-0.15, -0.1) is 0 Å². The van der Waals surface area contributed by atoms with Gasteiger partial charge in [-0.3, -0.25) is 14.9 Å². The number of carbonyl (C=O) groups excluding carboxylic acids is 2. The molecule has 3 aliphatic rings. The topological polar surface area (TPSA) is 98.5 Å². The number of benzene rings is 1. The molecular weight excluding hydrogens is 396 g/mol. The molecule has 4 rings (SSSR count). The Labute approximate surface area is 181 Å². The SMILES string of the molecule is CC1=C(C(=O)OC2CCCCCC2)[C@@H](c2ccc([N+](=O)[O-])cc2)C2=C(CCCC2=O)N1. The largest absolute Gasteiger partial charge is 0.459 e. The van der Waals surface area contributed by atoms with Crippen LogP contribution in [0.2, 0.25) is 0 Å². The van der Waals surface area contributed by atoms with Crippen LogP contribution in [0.15, 0.2) is 46.8 Å². The third-order valence-corrected chi connectivity index (χ3v) is 6.51. The molecule has 0 spiro atoms. The number of esters is 1. The smallest absolute Gasteiger partial charge is 0.337 e. The van der Waals surface area contributed by atoms with Gasteiger partial charge in [0.1, 0.15) is 6.10 Å². The number of hydrogen-bond acceptors (Lipinski definition) is 6. The molecule has 2 aliphatic carbocycles. The second-order valence-corrected chi connectivity index (χ2v) is 8.63. The summed E-state index contributed by atoms with van der Waals surface area (Å²) < 4.78 is 5.93. The van der Waals surface area contributed by atoms with E-state index in [2.05, 4.69) is 5.32 Å². The predicted octanol–water partition coefficient (Wildman–Crippen LogP) is 4.83. The Hall–Kier alpha value is -2.96. The maximum absolute atomic E-state index is 13.4. The van der Waals surface area contributed by atoms with Gasteiger partial charge in [0.15, 0.2) is 5.78 Å². The molecule has 31 heavy (non-hydrogen) atoms. The fraction of sp³-hybridized carbons (Fsp3) is 0.500. The molecule has 1 N–H and O–H groups in total. The van der Waals surface area contributed by atoms with Gasteiger partial charge in [0, 0.05) is 41.4 Å². The third kappa shape index (κ3) is 4.40. The molecule has 1 saturated carbocycles. The Balaban J connectivity index is 1.71. The molecule has 1 heterocycles. The highest BCUT2D eigenvalue weighted by Crippen LogP contribution is 2.43. The number of dihydropyridines is 1. The van der Waals surface area contributed by atoms with Gasteiger partial charge in [-0.25, -0.2) is 4.79 Å². The molecule has 1 aliphatic heterocycles. The highest BCUT2D eigenvalue weighted by Gasteiger charge is 2.39. The van der Waals surface area contributed by atoms with Crippen molar-refractivity contribution in [1.29, 1.82) is 0 Å². The number of nitrogens with one attached hydrogen (secondary N) is 1. The maximum atomic E-state index is 13.4. The van der Waals surface area contributed by atoms with Gasteiger partial charge < -0.3 is 10.1 Å². The molecule has 0 radical (unpaired) electrons. The molecule has 0 unspecified atom stereocenters. The summed E-state index contributed by atoms with van der Waals surface area (Å²) in [6.07, 6.45) is 7.99. The van der Waals surface area contributed by atoms with E-state index in [9.17, 15) is 19.7 Å². The van der Waals surface area contributed by atoms with Gasteiger partial charge in [-0.05, 0) is 51.0 Å². The quantitative estimate of drug-likeness (QED) is 0.322. The minimum Gasteiger partial charge on any atom is -0.459 e. The molecule has 1 aromatic rings. The number of hydrogen-bond donors (Lipinski definition) is 1. The normalized spacial score (nSPS) is 22.5. The first kappa shape index (κ1) is 21.3. The number of nitro benzene ring substituents is 1. The van der Waals surface area contributed by atoms with Gasteiger partial charge in [0.05, 0.1) is 10.5 Å². The molecule has 0 aromatic heterocycles. The Morgan fingerprint density at radius 3 is 2.39 bits per heavy atom. The Morgan fingerprint density at radius 1 is 1.06 bits per heavy atom. The van der Waals surface area contributed by atoms with E-state index in [0.29, 0.717) is 28.8 Å². The number of non-ortho nitro benzene ring substituents is 1. The zero-order chi connectivity index (χ0) is 22.0. The maximum Gasteiger partial charge on any atom is 0.337 e. The average molecular weight is 424 g/mol. The van der Waals surface area contributed by atoms with Gasteiger partial charge >= 0.3 is 5.97 Å².